The van der Waals surface area contributed by atoms with Crippen LogP contribution >= 0.6 is 11.3 Å². The molecule has 5 heteroatoms. The Kier molecular flexibility index (Phi) is 3.97. The van der Waals surface area contributed by atoms with Crippen LogP contribution in [0.3, 0.4) is 0 Å². The SMILES string of the molecule is CC1CN(Cc2csc(C(C)(C)C)n2)CC1C(=O)O. The lowest BCUT2D eigenvalue weighted by atomic mass is 9.98. The summed E-state index contributed by atoms with van der Waals surface area (Å²) in [5, 5.41) is 12.4. The first-order valence-electron chi connectivity index (χ1n) is 6.67. The van der Waals surface area contributed by atoms with Crippen molar-refractivity contribution in [2.24, 2.45) is 11.8 Å². The van der Waals surface area contributed by atoms with Gasteiger partial charge in [0, 0.05) is 30.4 Å². The van der Waals surface area contributed by atoms with Crippen molar-refractivity contribution < 1.29 is 9.90 Å². The Balaban J connectivity index is 1.99. The molecule has 1 aliphatic heterocycles. The van der Waals surface area contributed by atoms with Crippen molar-refractivity contribution in [1.82, 2.24) is 9.88 Å². The Morgan fingerprint density at radius 3 is 2.68 bits per heavy atom. The lowest BCUT2D eigenvalue weighted by Gasteiger charge is -2.15. The molecule has 2 rings (SSSR count). The number of likely N-dealkylation sites (tertiary alicyclic amines) is 1. The third kappa shape index (κ3) is 3.34. The number of carbonyl (C=O) groups is 1. The number of thiazole rings is 1. The molecule has 2 unspecified atom stereocenters. The molecular formula is C14H22N2O2S. The standard InChI is InChI=1S/C14H22N2O2S/c1-9-5-16(7-11(9)12(17)18)6-10-8-19-13(15-10)14(2,3)4/h8-9,11H,5-7H2,1-4H3,(H,17,18). The van der Waals surface area contributed by atoms with Crippen LogP contribution in [-0.4, -0.2) is 34.0 Å². The monoisotopic (exact) mass is 282 g/mol. The van der Waals surface area contributed by atoms with Crippen molar-refractivity contribution in [3.05, 3.63) is 16.1 Å². The predicted molar refractivity (Wildman–Crippen MR) is 76.4 cm³/mol. The molecule has 0 saturated carbocycles. The van der Waals surface area contributed by atoms with Gasteiger partial charge in [0.1, 0.15) is 0 Å². The zero-order chi connectivity index (χ0) is 14.2. The zero-order valence-corrected chi connectivity index (χ0v) is 12.8. The summed E-state index contributed by atoms with van der Waals surface area (Å²) < 4.78 is 0. The summed E-state index contributed by atoms with van der Waals surface area (Å²) in [6.45, 7) is 10.7. The van der Waals surface area contributed by atoms with Gasteiger partial charge in [-0.15, -0.1) is 11.3 Å². The largest absolute Gasteiger partial charge is 0.481 e. The van der Waals surface area contributed by atoms with Crippen LogP contribution in [-0.2, 0) is 16.8 Å². The summed E-state index contributed by atoms with van der Waals surface area (Å²) >= 11 is 1.69. The number of nitrogens with zero attached hydrogens (tertiary/aromatic N) is 2. The highest BCUT2D eigenvalue weighted by Gasteiger charge is 2.34. The van der Waals surface area contributed by atoms with E-state index < -0.39 is 5.97 Å². The van der Waals surface area contributed by atoms with Gasteiger partial charge in [-0.3, -0.25) is 9.69 Å². The number of rotatable bonds is 3. The molecule has 2 heterocycles. The molecule has 1 fully saturated rings. The molecule has 0 aromatic carbocycles. The number of carboxylic acids is 1. The molecule has 1 aliphatic rings. The predicted octanol–water partition coefficient (Wildman–Crippen LogP) is 2.59. The number of aromatic nitrogens is 1. The smallest absolute Gasteiger partial charge is 0.308 e. The van der Waals surface area contributed by atoms with Crippen molar-refractivity contribution in [2.45, 2.75) is 39.7 Å². The van der Waals surface area contributed by atoms with E-state index in [1.165, 1.54) is 0 Å². The van der Waals surface area contributed by atoms with Gasteiger partial charge < -0.3 is 5.11 Å². The van der Waals surface area contributed by atoms with Crippen molar-refractivity contribution in [3.8, 4) is 0 Å². The summed E-state index contributed by atoms with van der Waals surface area (Å²) in [4.78, 5) is 18.0. The van der Waals surface area contributed by atoms with E-state index in [4.69, 9.17) is 5.11 Å². The van der Waals surface area contributed by atoms with Crippen LogP contribution < -0.4 is 0 Å². The van der Waals surface area contributed by atoms with E-state index in [-0.39, 0.29) is 17.3 Å². The van der Waals surface area contributed by atoms with Crippen LogP contribution in [0.1, 0.15) is 38.4 Å². The molecule has 4 nitrogen and oxygen atoms in total. The molecule has 0 spiro atoms. The second-order valence-electron chi connectivity index (χ2n) is 6.51. The first-order chi connectivity index (χ1) is 8.77. The van der Waals surface area contributed by atoms with E-state index in [1.807, 2.05) is 6.92 Å². The Bertz CT molecular complexity index is 464. The molecule has 0 radical (unpaired) electrons. The minimum atomic E-state index is -0.677. The van der Waals surface area contributed by atoms with E-state index in [2.05, 4.69) is 36.0 Å². The van der Waals surface area contributed by atoms with E-state index in [0.29, 0.717) is 6.54 Å². The Morgan fingerprint density at radius 1 is 1.53 bits per heavy atom. The van der Waals surface area contributed by atoms with Crippen molar-refractivity contribution in [3.63, 3.8) is 0 Å². The molecule has 1 aromatic heterocycles. The van der Waals surface area contributed by atoms with Crippen molar-refractivity contribution in [2.75, 3.05) is 13.1 Å². The van der Waals surface area contributed by atoms with Gasteiger partial charge in [-0.25, -0.2) is 4.98 Å². The van der Waals surface area contributed by atoms with Crippen LogP contribution in [0.2, 0.25) is 0 Å². The van der Waals surface area contributed by atoms with E-state index in [0.717, 1.165) is 23.8 Å². The van der Waals surface area contributed by atoms with Gasteiger partial charge in [0.05, 0.1) is 16.6 Å². The molecule has 2 atom stereocenters. The third-order valence-electron chi connectivity index (χ3n) is 3.58. The molecule has 1 saturated heterocycles. The van der Waals surface area contributed by atoms with Crippen LogP contribution in [0.15, 0.2) is 5.38 Å². The first kappa shape index (κ1) is 14.5. The maximum absolute atomic E-state index is 11.1. The summed E-state index contributed by atoms with van der Waals surface area (Å²) in [6.07, 6.45) is 0. The third-order valence-corrected chi connectivity index (χ3v) is 4.90. The molecule has 0 amide bonds. The normalized spacial score (nSPS) is 24.8. The minimum absolute atomic E-state index is 0.0881. The van der Waals surface area contributed by atoms with Crippen LogP contribution in [0, 0.1) is 11.8 Å². The second kappa shape index (κ2) is 5.21. The molecule has 1 N–H and O–H groups in total. The lowest BCUT2D eigenvalue weighted by molar-refractivity contribution is -0.142. The second-order valence-corrected chi connectivity index (χ2v) is 7.37. The zero-order valence-electron chi connectivity index (χ0n) is 12.0. The summed E-state index contributed by atoms with van der Waals surface area (Å²) in [7, 11) is 0. The maximum atomic E-state index is 11.1. The highest BCUT2D eigenvalue weighted by atomic mass is 32.1. The van der Waals surface area contributed by atoms with Gasteiger partial charge >= 0.3 is 5.97 Å². The van der Waals surface area contributed by atoms with E-state index >= 15 is 0 Å². The molecule has 19 heavy (non-hydrogen) atoms. The lowest BCUT2D eigenvalue weighted by Crippen LogP contribution is -2.23. The summed E-state index contributed by atoms with van der Waals surface area (Å²) in [5.41, 5.74) is 1.15. The molecule has 0 bridgehead atoms. The Morgan fingerprint density at radius 2 is 2.21 bits per heavy atom. The fourth-order valence-corrected chi connectivity index (χ4v) is 3.37. The number of aliphatic carboxylic acids is 1. The summed E-state index contributed by atoms with van der Waals surface area (Å²) in [5.74, 6) is -0.692. The van der Waals surface area contributed by atoms with Gasteiger partial charge in [0.25, 0.3) is 0 Å². The van der Waals surface area contributed by atoms with Crippen LogP contribution in [0.5, 0.6) is 0 Å². The van der Waals surface area contributed by atoms with Crippen LogP contribution in [0.4, 0.5) is 0 Å². The van der Waals surface area contributed by atoms with Gasteiger partial charge in [-0.05, 0) is 5.92 Å². The number of carboxylic acid groups (broad SMARTS) is 1. The fraction of sp³-hybridized carbons (Fsp3) is 0.714. The van der Waals surface area contributed by atoms with E-state index in [1.54, 1.807) is 11.3 Å². The average molecular weight is 282 g/mol. The number of hydrogen-bond acceptors (Lipinski definition) is 4. The van der Waals surface area contributed by atoms with Crippen molar-refractivity contribution >= 4 is 17.3 Å². The quantitative estimate of drug-likeness (QED) is 0.926. The van der Waals surface area contributed by atoms with Crippen molar-refractivity contribution in [1.29, 1.82) is 0 Å². The van der Waals surface area contributed by atoms with Gasteiger partial charge in [-0.1, -0.05) is 27.7 Å². The fourth-order valence-electron chi connectivity index (χ4n) is 2.47. The topological polar surface area (TPSA) is 53.4 Å². The minimum Gasteiger partial charge on any atom is -0.481 e. The average Bonchev–Trinajstić information content (AvgIpc) is 2.85. The van der Waals surface area contributed by atoms with Gasteiger partial charge in [0.15, 0.2) is 0 Å². The number of hydrogen-bond donors (Lipinski definition) is 1. The van der Waals surface area contributed by atoms with Crippen LogP contribution in [0.25, 0.3) is 0 Å². The first-order valence-corrected chi connectivity index (χ1v) is 7.55. The highest BCUT2D eigenvalue weighted by molar-refractivity contribution is 7.09. The molecule has 0 aliphatic carbocycles. The molecule has 106 valence electrons. The highest BCUT2D eigenvalue weighted by Crippen LogP contribution is 2.28. The van der Waals surface area contributed by atoms with Gasteiger partial charge in [0.2, 0.25) is 0 Å². The summed E-state index contributed by atoms with van der Waals surface area (Å²) in [6, 6.07) is 0. The molecule has 1 aromatic rings. The Labute approximate surface area is 118 Å². The van der Waals surface area contributed by atoms with E-state index in [9.17, 15) is 4.79 Å². The van der Waals surface area contributed by atoms with Gasteiger partial charge in [-0.2, -0.15) is 0 Å². The molecular weight excluding hydrogens is 260 g/mol. The maximum Gasteiger partial charge on any atom is 0.308 e. The Hall–Kier alpha value is -0.940.